The van der Waals surface area contributed by atoms with Gasteiger partial charge in [0.1, 0.15) is 28.9 Å². The first kappa shape index (κ1) is 21.7. The molecule has 0 aliphatic carbocycles. The summed E-state index contributed by atoms with van der Waals surface area (Å²) in [4.78, 5) is 15.7. The lowest BCUT2D eigenvalue weighted by Crippen LogP contribution is -2.18. The van der Waals surface area contributed by atoms with Gasteiger partial charge in [0.05, 0.1) is 10.6 Å². The van der Waals surface area contributed by atoms with E-state index in [1.54, 1.807) is 12.1 Å². The Morgan fingerprint density at radius 2 is 1.73 bits per heavy atom. The molecule has 0 bridgehead atoms. The van der Waals surface area contributed by atoms with E-state index in [0.717, 1.165) is 21.1 Å². The largest absolute Gasteiger partial charge is 0.488 e. The van der Waals surface area contributed by atoms with E-state index in [4.69, 9.17) is 9.84 Å². The smallest absolute Gasteiger partial charge is 0.449 e. The second-order valence-corrected chi connectivity index (χ2v) is 8.24. The van der Waals surface area contributed by atoms with Crippen molar-refractivity contribution in [1.82, 2.24) is 4.98 Å². The molecular weight excluding hydrogens is 437 g/mol. The second kappa shape index (κ2) is 9.20. The summed E-state index contributed by atoms with van der Waals surface area (Å²) in [6.45, 7) is 1.06. The number of nitrogens with zero attached hydrogens (tertiary/aromatic N) is 1. The van der Waals surface area contributed by atoms with Crippen molar-refractivity contribution in [2.45, 2.75) is 13.5 Å². The molecule has 11 heteroatoms. The van der Waals surface area contributed by atoms with Crippen LogP contribution in [0.5, 0.6) is 11.5 Å². The molecule has 0 aliphatic heterocycles. The summed E-state index contributed by atoms with van der Waals surface area (Å²) >= 11 is 1.43. The van der Waals surface area contributed by atoms with Gasteiger partial charge < -0.3 is 14.0 Å². The number of aryl methyl sites for hydroxylation is 1. The van der Waals surface area contributed by atoms with Crippen molar-refractivity contribution >= 4 is 27.7 Å². The maximum atomic E-state index is 13.1. The van der Waals surface area contributed by atoms with Crippen molar-refractivity contribution in [2.75, 3.05) is 6.61 Å². The molecule has 3 aromatic rings. The Labute approximate surface area is 175 Å². The van der Waals surface area contributed by atoms with Gasteiger partial charge in [-0.2, -0.15) is 8.42 Å². The molecule has 158 valence electrons. The number of ether oxygens (including phenoxy) is 1. The Morgan fingerprint density at radius 3 is 2.37 bits per heavy atom. The van der Waals surface area contributed by atoms with Crippen LogP contribution in [0, 0.1) is 12.7 Å². The number of carboxylic acids is 1. The number of aromatic nitrogens is 1. The van der Waals surface area contributed by atoms with Gasteiger partial charge in [-0.3, -0.25) is 0 Å². The lowest BCUT2D eigenvalue weighted by Gasteiger charge is -2.08. The lowest BCUT2D eigenvalue weighted by molar-refractivity contribution is -0.139. The highest BCUT2D eigenvalue weighted by molar-refractivity contribution is 7.82. The highest BCUT2D eigenvalue weighted by Crippen LogP contribution is 2.29. The Balaban J connectivity index is 1.60. The minimum atomic E-state index is -4.48. The Kier molecular flexibility index (Phi) is 6.65. The zero-order chi connectivity index (χ0) is 21.7. The Morgan fingerprint density at radius 1 is 1.10 bits per heavy atom. The molecule has 0 saturated heterocycles. The SMILES string of the molecule is Cc1nc(-c2ccc(F)cc2)sc1COc1ccc(OS(=O)(=O)OCC(=O)O)cc1. The number of carbonyl (C=O) groups is 1. The van der Waals surface area contributed by atoms with Gasteiger partial charge in [0.25, 0.3) is 0 Å². The van der Waals surface area contributed by atoms with Crippen LogP contribution in [0.1, 0.15) is 10.6 Å². The highest BCUT2D eigenvalue weighted by atomic mass is 32.3. The first-order chi connectivity index (χ1) is 14.2. The first-order valence-corrected chi connectivity index (χ1v) is 10.6. The molecule has 0 atom stereocenters. The summed E-state index contributed by atoms with van der Waals surface area (Å²) in [7, 11) is -4.48. The molecular formula is C19H16FNO7S2. The van der Waals surface area contributed by atoms with Gasteiger partial charge in [-0.15, -0.1) is 11.3 Å². The van der Waals surface area contributed by atoms with Crippen molar-refractivity contribution in [3.05, 3.63) is 64.9 Å². The average molecular weight is 453 g/mol. The molecule has 0 aliphatic rings. The third-order valence-corrected chi connectivity index (χ3v) is 5.69. The third-order valence-electron chi connectivity index (χ3n) is 3.70. The number of carboxylic acid groups (broad SMARTS) is 1. The topological polar surface area (TPSA) is 112 Å². The van der Waals surface area contributed by atoms with Crippen LogP contribution in [0.3, 0.4) is 0 Å². The molecule has 0 spiro atoms. The van der Waals surface area contributed by atoms with E-state index in [0.29, 0.717) is 5.75 Å². The van der Waals surface area contributed by atoms with Crippen LogP contribution < -0.4 is 8.92 Å². The monoisotopic (exact) mass is 453 g/mol. The number of hydrogen-bond donors (Lipinski definition) is 1. The van der Waals surface area contributed by atoms with Gasteiger partial charge >= 0.3 is 16.4 Å². The van der Waals surface area contributed by atoms with E-state index in [1.165, 1.54) is 47.7 Å². The summed E-state index contributed by atoms with van der Waals surface area (Å²) in [6, 6.07) is 11.8. The molecule has 0 saturated carbocycles. The van der Waals surface area contributed by atoms with Gasteiger partial charge in [-0.1, -0.05) is 0 Å². The van der Waals surface area contributed by atoms with Crippen LogP contribution in [-0.4, -0.2) is 31.1 Å². The van der Waals surface area contributed by atoms with Gasteiger partial charge in [-0.05, 0) is 55.5 Å². The van der Waals surface area contributed by atoms with Crippen LogP contribution in [0.4, 0.5) is 4.39 Å². The minimum Gasteiger partial charge on any atom is -0.488 e. The van der Waals surface area contributed by atoms with E-state index >= 15 is 0 Å². The molecule has 0 unspecified atom stereocenters. The van der Waals surface area contributed by atoms with Crippen molar-refractivity contribution in [3.63, 3.8) is 0 Å². The van der Waals surface area contributed by atoms with Crippen molar-refractivity contribution in [2.24, 2.45) is 0 Å². The number of hydrogen-bond acceptors (Lipinski definition) is 8. The summed E-state index contributed by atoms with van der Waals surface area (Å²) in [5.74, 6) is -1.35. The van der Waals surface area contributed by atoms with E-state index in [2.05, 4.69) is 13.4 Å². The summed E-state index contributed by atoms with van der Waals surface area (Å²) in [5, 5.41) is 9.20. The fraction of sp³-hybridized carbons (Fsp3) is 0.158. The fourth-order valence-electron chi connectivity index (χ4n) is 2.28. The minimum absolute atomic E-state index is 0.0553. The number of rotatable bonds is 9. The predicted molar refractivity (Wildman–Crippen MR) is 106 cm³/mol. The first-order valence-electron chi connectivity index (χ1n) is 8.47. The Bertz CT molecular complexity index is 1130. The molecule has 0 radical (unpaired) electrons. The maximum Gasteiger partial charge on any atom is 0.449 e. The molecule has 1 N–H and O–H groups in total. The van der Waals surface area contributed by atoms with Gasteiger partial charge in [0.2, 0.25) is 0 Å². The zero-order valence-electron chi connectivity index (χ0n) is 15.6. The molecule has 2 aromatic carbocycles. The maximum absolute atomic E-state index is 13.1. The number of thiazole rings is 1. The average Bonchev–Trinajstić information content (AvgIpc) is 3.07. The highest BCUT2D eigenvalue weighted by Gasteiger charge is 2.16. The van der Waals surface area contributed by atoms with E-state index in [9.17, 15) is 17.6 Å². The number of halogens is 1. The molecule has 30 heavy (non-hydrogen) atoms. The van der Waals surface area contributed by atoms with Crippen molar-refractivity contribution < 1.29 is 35.8 Å². The van der Waals surface area contributed by atoms with E-state index in [-0.39, 0.29) is 18.2 Å². The molecule has 0 fully saturated rings. The van der Waals surface area contributed by atoms with Crippen LogP contribution >= 0.6 is 11.3 Å². The van der Waals surface area contributed by atoms with Crippen molar-refractivity contribution in [1.29, 1.82) is 0 Å². The van der Waals surface area contributed by atoms with Crippen LogP contribution in [0.15, 0.2) is 48.5 Å². The summed E-state index contributed by atoms with van der Waals surface area (Å²) in [6.07, 6.45) is 0. The molecule has 1 heterocycles. The second-order valence-electron chi connectivity index (χ2n) is 5.94. The molecule has 1 aromatic heterocycles. The lowest BCUT2D eigenvalue weighted by atomic mass is 10.2. The molecule has 3 rings (SSSR count). The van der Waals surface area contributed by atoms with Crippen LogP contribution in [0.2, 0.25) is 0 Å². The number of benzene rings is 2. The Hall–Kier alpha value is -3.02. The summed E-state index contributed by atoms with van der Waals surface area (Å²) < 4.78 is 50.6. The zero-order valence-corrected chi connectivity index (χ0v) is 17.2. The quantitative estimate of drug-likeness (QED) is 0.523. The van der Waals surface area contributed by atoms with Crippen LogP contribution in [0.25, 0.3) is 10.6 Å². The van der Waals surface area contributed by atoms with E-state index < -0.39 is 23.0 Å². The van der Waals surface area contributed by atoms with Crippen molar-refractivity contribution in [3.8, 4) is 22.1 Å². The van der Waals surface area contributed by atoms with Gasteiger partial charge in [-0.25, -0.2) is 18.4 Å². The predicted octanol–water partition coefficient (Wildman–Crippen LogP) is 3.56. The van der Waals surface area contributed by atoms with Gasteiger partial charge in [0.15, 0.2) is 6.61 Å². The van der Waals surface area contributed by atoms with E-state index in [1.807, 2.05) is 6.92 Å². The fourth-order valence-corrected chi connectivity index (χ4v) is 3.90. The summed E-state index contributed by atoms with van der Waals surface area (Å²) in [5.41, 5.74) is 1.60. The number of aliphatic carboxylic acids is 1. The standard InChI is InChI=1S/C19H16FNO7S2/c1-12-17(29-19(21-12)13-2-4-14(20)5-3-13)10-26-15-6-8-16(9-7-15)28-30(24,25)27-11-18(22)23/h2-9H,10-11H2,1H3,(H,22,23). The van der Waals surface area contributed by atoms with Crippen LogP contribution in [-0.2, 0) is 26.0 Å². The normalized spacial score (nSPS) is 11.3. The van der Waals surface area contributed by atoms with Gasteiger partial charge in [0, 0.05) is 5.56 Å². The third kappa shape index (κ3) is 5.99. The molecule has 0 amide bonds. The molecule has 8 nitrogen and oxygen atoms in total.